The molecular formula is C6H8O3. The number of rotatable bonds is 1. The molecule has 0 aromatic carbocycles. The van der Waals surface area contributed by atoms with Crippen LogP contribution < -0.4 is 0 Å². The van der Waals surface area contributed by atoms with Crippen LogP contribution in [-0.2, 0) is 14.3 Å². The number of carbonyl (C=O) groups is 1. The molecule has 2 rings (SSSR count). The minimum absolute atomic E-state index is 0.0440. The highest BCUT2D eigenvalue weighted by Gasteiger charge is 2.58. The van der Waals surface area contributed by atoms with Gasteiger partial charge in [-0.1, -0.05) is 6.92 Å². The van der Waals surface area contributed by atoms with Gasteiger partial charge in [-0.25, -0.2) is 4.79 Å². The van der Waals surface area contributed by atoms with Gasteiger partial charge in [0.25, 0.3) is 0 Å². The largest absolute Gasteiger partial charge is 0.457 e. The van der Waals surface area contributed by atoms with Crippen LogP contribution in [0.5, 0.6) is 0 Å². The van der Waals surface area contributed by atoms with E-state index in [0.29, 0.717) is 0 Å². The molecular weight excluding hydrogens is 120 g/mol. The maximum absolute atomic E-state index is 10.6. The molecule has 3 unspecified atom stereocenters. The molecule has 2 saturated heterocycles. The van der Waals surface area contributed by atoms with Crippen molar-refractivity contribution in [3.63, 3.8) is 0 Å². The zero-order chi connectivity index (χ0) is 6.43. The summed E-state index contributed by atoms with van der Waals surface area (Å²) in [6.07, 6.45) is 0.812. The van der Waals surface area contributed by atoms with Crippen LogP contribution in [0.3, 0.4) is 0 Å². The summed E-state index contributed by atoms with van der Waals surface area (Å²) < 4.78 is 9.90. The van der Waals surface area contributed by atoms with E-state index in [2.05, 4.69) is 0 Å². The smallest absolute Gasteiger partial charge is 0.338 e. The maximum atomic E-state index is 10.6. The van der Waals surface area contributed by atoms with Crippen LogP contribution in [0.15, 0.2) is 0 Å². The Morgan fingerprint density at radius 1 is 1.67 bits per heavy atom. The lowest BCUT2D eigenvalue weighted by molar-refractivity contribution is -0.149. The van der Waals surface area contributed by atoms with Gasteiger partial charge in [-0.15, -0.1) is 0 Å². The standard InChI is InChI=1S/C6H8O3/c1-2-3-4-5(9-4)6(7)8-3/h3-5H,2H2,1H3. The fraction of sp³-hybridized carbons (Fsp3) is 0.833. The number of epoxide rings is 1. The molecule has 0 bridgehead atoms. The molecule has 3 atom stereocenters. The van der Waals surface area contributed by atoms with Gasteiger partial charge in [0, 0.05) is 0 Å². The number of ether oxygens (including phenoxy) is 2. The second-order valence-electron chi connectivity index (χ2n) is 2.40. The molecule has 0 aromatic heterocycles. The summed E-state index contributed by atoms with van der Waals surface area (Å²) in [7, 11) is 0. The van der Waals surface area contributed by atoms with Gasteiger partial charge in [0.2, 0.25) is 0 Å². The molecule has 0 aliphatic carbocycles. The monoisotopic (exact) mass is 128 g/mol. The Kier molecular flexibility index (Phi) is 0.858. The summed E-state index contributed by atoms with van der Waals surface area (Å²) in [6, 6.07) is 0. The average Bonchev–Trinajstić information content (AvgIpc) is 2.56. The lowest BCUT2D eigenvalue weighted by Gasteiger charge is -2.06. The molecule has 2 aliphatic heterocycles. The van der Waals surface area contributed by atoms with E-state index in [4.69, 9.17) is 9.47 Å². The first-order valence-electron chi connectivity index (χ1n) is 3.19. The maximum Gasteiger partial charge on any atom is 0.338 e. The summed E-state index contributed by atoms with van der Waals surface area (Å²) in [5, 5.41) is 0. The predicted molar refractivity (Wildman–Crippen MR) is 28.8 cm³/mol. The quantitative estimate of drug-likeness (QED) is 0.371. The highest BCUT2D eigenvalue weighted by Crippen LogP contribution is 2.36. The molecule has 0 aromatic rings. The molecule has 50 valence electrons. The molecule has 0 saturated carbocycles. The normalized spacial score (nSPS) is 46.3. The molecule has 0 radical (unpaired) electrons. The Balaban J connectivity index is 2.08. The van der Waals surface area contributed by atoms with Gasteiger partial charge in [0.1, 0.15) is 12.2 Å². The van der Waals surface area contributed by atoms with Gasteiger partial charge in [-0.3, -0.25) is 0 Å². The Hall–Kier alpha value is -0.570. The molecule has 2 heterocycles. The lowest BCUT2D eigenvalue weighted by atomic mass is 10.2. The van der Waals surface area contributed by atoms with Crippen LogP contribution in [0.1, 0.15) is 13.3 Å². The topological polar surface area (TPSA) is 38.8 Å². The minimum Gasteiger partial charge on any atom is -0.457 e. The van der Waals surface area contributed by atoms with Crippen LogP contribution >= 0.6 is 0 Å². The predicted octanol–water partition coefficient (Wildman–Crippen LogP) is 0.0892. The molecule has 0 spiro atoms. The Labute approximate surface area is 52.9 Å². The van der Waals surface area contributed by atoms with Gasteiger partial charge >= 0.3 is 5.97 Å². The summed E-state index contributed by atoms with van der Waals surface area (Å²) in [4.78, 5) is 10.6. The van der Waals surface area contributed by atoms with Gasteiger partial charge in [-0.05, 0) is 6.42 Å². The van der Waals surface area contributed by atoms with Gasteiger partial charge < -0.3 is 9.47 Å². The van der Waals surface area contributed by atoms with Gasteiger partial charge in [0.15, 0.2) is 6.10 Å². The molecule has 0 amide bonds. The van der Waals surface area contributed by atoms with E-state index in [1.54, 1.807) is 0 Å². The fourth-order valence-electron chi connectivity index (χ4n) is 1.20. The van der Waals surface area contributed by atoms with Crippen molar-refractivity contribution < 1.29 is 14.3 Å². The van der Waals surface area contributed by atoms with Crippen molar-refractivity contribution in [1.82, 2.24) is 0 Å². The molecule has 3 nitrogen and oxygen atoms in total. The first-order valence-corrected chi connectivity index (χ1v) is 3.19. The third-order valence-electron chi connectivity index (χ3n) is 1.79. The molecule has 2 aliphatic rings. The van der Waals surface area contributed by atoms with Crippen molar-refractivity contribution in [2.45, 2.75) is 31.7 Å². The summed E-state index contributed by atoms with van der Waals surface area (Å²) in [6.45, 7) is 1.99. The van der Waals surface area contributed by atoms with E-state index in [-0.39, 0.29) is 24.3 Å². The van der Waals surface area contributed by atoms with Gasteiger partial charge in [-0.2, -0.15) is 0 Å². The van der Waals surface area contributed by atoms with E-state index in [1.807, 2.05) is 6.92 Å². The van der Waals surface area contributed by atoms with Crippen molar-refractivity contribution >= 4 is 5.97 Å². The zero-order valence-electron chi connectivity index (χ0n) is 5.16. The van der Waals surface area contributed by atoms with Crippen molar-refractivity contribution in [3.8, 4) is 0 Å². The second kappa shape index (κ2) is 1.48. The Morgan fingerprint density at radius 2 is 2.44 bits per heavy atom. The number of cyclic esters (lactones) is 1. The Morgan fingerprint density at radius 3 is 2.67 bits per heavy atom. The fourth-order valence-corrected chi connectivity index (χ4v) is 1.20. The van der Waals surface area contributed by atoms with E-state index < -0.39 is 0 Å². The molecule has 2 fully saturated rings. The summed E-state index contributed by atoms with van der Waals surface area (Å²) >= 11 is 0. The van der Waals surface area contributed by atoms with E-state index in [9.17, 15) is 4.79 Å². The van der Waals surface area contributed by atoms with E-state index in [1.165, 1.54) is 0 Å². The van der Waals surface area contributed by atoms with Crippen molar-refractivity contribution in [1.29, 1.82) is 0 Å². The minimum atomic E-state index is -0.199. The van der Waals surface area contributed by atoms with E-state index in [0.717, 1.165) is 6.42 Å². The first-order chi connectivity index (χ1) is 4.33. The zero-order valence-corrected chi connectivity index (χ0v) is 5.16. The second-order valence-corrected chi connectivity index (χ2v) is 2.40. The van der Waals surface area contributed by atoms with Crippen molar-refractivity contribution in [2.75, 3.05) is 0 Å². The number of hydrogen-bond donors (Lipinski definition) is 0. The van der Waals surface area contributed by atoms with Crippen molar-refractivity contribution in [3.05, 3.63) is 0 Å². The average molecular weight is 128 g/mol. The van der Waals surface area contributed by atoms with Crippen LogP contribution in [-0.4, -0.2) is 24.3 Å². The highest BCUT2D eigenvalue weighted by molar-refractivity contribution is 5.81. The summed E-state index contributed by atoms with van der Waals surface area (Å²) in [5.74, 6) is -0.174. The first kappa shape index (κ1) is 5.23. The van der Waals surface area contributed by atoms with E-state index >= 15 is 0 Å². The molecule has 9 heavy (non-hydrogen) atoms. The SMILES string of the molecule is CCC1OC(=O)C2OC12. The number of esters is 1. The Bertz CT molecular complexity index is 154. The lowest BCUT2D eigenvalue weighted by Crippen LogP contribution is -2.14. The van der Waals surface area contributed by atoms with Gasteiger partial charge in [0.05, 0.1) is 0 Å². The number of hydrogen-bond acceptors (Lipinski definition) is 3. The van der Waals surface area contributed by atoms with Crippen LogP contribution in [0.4, 0.5) is 0 Å². The molecule has 0 N–H and O–H groups in total. The summed E-state index contributed by atoms with van der Waals surface area (Å²) in [5.41, 5.74) is 0. The van der Waals surface area contributed by atoms with Crippen LogP contribution in [0.2, 0.25) is 0 Å². The third-order valence-corrected chi connectivity index (χ3v) is 1.79. The molecule has 3 heteroatoms. The van der Waals surface area contributed by atoms with Crippen molar-refractivity contribution in [2.24, 2.45) is 0 Å². The highest BCUT2D eigenvalue weighted by atomic mass is 16.7. The van der Waals surface area contributed by atoms with Crippen LogP contribution in [0, 0.1) is 0 Å². The third kappa shape index (κ3) is 0.580. The number of fused-ring (bicyclic) bond motifs is 1. The van der Waals surface area contributed by atoms with Crippen LogP contribution in [0.25, 0.3) is 0 Å². The number of carbonyl (C=O) groups excluding carboxylic acids is 1.